The summed E-state index contributed by atoms with van der Waals surface area (Å²) >= 11 is 5.88. The number of rotatable bonds is 5. The molecule has 0 atom stereocenters. The van der Waals surface area contributed by atoms with E-state index >= 15 is 0 Å². The van der Waals surface area contributed by atoms with Gasteiger partial charge in [-0.25, -0.2) is 4.79 Å². The second-order valence-corrected chi connectivity index (χ2v) is 5.92. The number of anilines is 1. The summed E-state index contributed by atoms with van der Waals surface area (Å²) in [5.41, 5.74) is -0.500. The molecule has 28 heavy (non-hydrogen) atoms. The molecule has 0 aliphatic carbocycles. The lowest BCUT2D eigenvalue weighted by Gasteiger charge is -2.08. The van der Waals surface area contributed by atoms with Crippen molar-refractivity contribution in [3.8, 4) is 0 Å². The van der Waals surface area contributed by atoms with Crippen molar-refractivity contribution in [3.05, 3.63) is 79.7 Å². The van der Waals surface area contributed by atoms with Gasteiger partial charge in [-0.1, -0.05) is 23.7 Å². The van der Waals surface area contributed by atoms with Gasteiger partial charge in [0, 0.05) is 18.2 Å². The fourth-order valence-corrected chi connectivity index (χ4v) is 2.48. The van der Waals surface area contributed by atoms with Crippen LogP contribution in [0, 0.1) is 10.1 Å². The Morgan fingerprint density at radius 3 is 2.68 bits per heavy atom. The molecule has 0 spiro atoms. The maximum atomic E-state index is 12.1. The lowest BCUT2D eigenvalue weighted by Crippen LogP contribution is -2.21. The van der Waals surface area contributed by atoms with Gasteiger partial charge in [-0.15, -0.1) is 0 Å². The molecule has 9 nitrogen and oxygen atoms in total. The molecule has 0 saturated carbocycles. The number of ether oxygens (including phenoxy) is 1. The molecule has 0 bridgehead atoms. The van der Waals surface area contributed by atoms with Gasteiger partial charge in [-0.05, 0) is 18.2 Å². The molecule has 0 saturated heterocycles. The Bertz CT molecular complexity index is 1160. The van der Waals surface area contributed by atoms with Crippen molar-refractivity contribution in [2.24, 2.45) is 0 Å². The minimum atomic E-state index is -1.01. The molecular formula is C18H11ClN2O7. The Kier molecular flexibility index (Phi) is 5.37. The molecule has 1 aromatic heterocycles. The van der Waals surface area contributed by atoms with Crippen molar-refractivity contribution >= 4 is 45.8 Å². The quantitative estimate of drug-likeness (QED) is 0.394. The number of nitrogens with one attached hydrogen (secondary N) is 1. The van der Waals surface area contributed by atoms with E-state index in [9.17, 15) is 24.5 Å². The number of halogens is 1. The van der Waals surface area contributed by atoms with Crippen LogP contribution in [0.5, 0.6) is 0 Å². The van der Waals surface area contributed by atoms with E-state index in [-0.39, 0.29) is 27.7 Å². The first-order valence-corrected chi connectivity index (χ1v) is 8.17. The molecular weight excluding hydrogens is 392 g/mol. The SMILES string of the molecule is O=C(COC(=O)c1cc(=O)c2ccccc2o1)Nc1cc([N+](=O)[O-])ccc1Cl. The van der Waals surface area contributed by atoms with Crippen molar-refractivity contribution < 1.29 is 23.7 Å². The Morgan fingerprint density at radius 1 is 1.18 bits per heavy atom. The molecule has 0 unspecified atom stereocenters. The Hall–Kier alpha value is -3.72. The summed E-state index contributed by atoms with van der Waals surface area (Å²) < 4.78 is 10.1. The van der Waals surface area contributed by atoms with Gasteiger partial charge in [0.1, 0.15) is 5.58 Å². The average molecular weight is 403 g/mol. The number of carbonyl (C=O) groups excluding carboxylic acids is 2. The number of hydrogen-bond acceptors (Lipinski definition) is 7. The highest BCUT2D eigenvalue weighted by Crippen LogP contribution is 2.26. The molecule has 3 rings (SSSR count). The molecule has 142 valence electrons. The van der Waals surface area contributed by atoms with Crippen LogP contribution in [0.2, 0.25) is 5.02 Å². The second-order valence-electron chi connectivity index (χ2n) is 5.52. The van der Waals surface area contributed by atoms with E-state index in [2.05, 4.69) is 5.32 Å². The molecule has 1 N–H and O–H groups in total. The smallest absolute Gasteiger partial charge is 0.374 e. The summed E-state index contributed by atoms with van der Waals surface area (Å²) in [4.78, 5) is 46.1. The molecule has 0 aliphatic heterocycles. The van der Waals surface area contributed by atoms with Crippen LogP contribution in [-0.4, -0.2) is 23.4 Å². The normalized spacial score (nSPS) is 10.5. The lowest BCUT2D eigenvalue weighted by atomic mass is 10.2. The van der Waals surface area contributed by atoms with Crippen LogP contribution in [0.4, 0.5) is 11.4 Å². The number of fused-ring (bicyclic) bond motifs is 1. The third-order valence-electron chi connectivity index (χ3n) is 3.61. The van der Waals surface area contributed by atoms with Crippen molar-refractivity contribution in [1.29, 1.82) is 0 Å². The molecule has 0 fully saturated rings. The van der Waals surface area contributed by atoms with Crippen molar-refractivity contribution in [1.82, 2.24) is 0 Å². The van der Waals surface area contributed by atoms with E-state index in [0.717, 1.165) is 12.1 Å². The van der Waals surface area contributed by atoms with Crippen LogP contribution in [0.25, 0.3) is 11.0 Å². The van der Waals surface area contributed by atoms with Crippen molar-refractivity contribution in [2.75, 3.05) is 11.9 Å². The fourth-order valence-electron chi connectivity index (χ4n) is 2.32. The number of hydrogen-bond donors (Lipinski definition) is 1. The van der Waals surface area contributed by atoms with Crippen LogP contribution in [0.15, 0.2) is 57.7 Å². The number of para-hydroxylation sites is 1. The number of benzene rings is 2. The Morgan fingerprint density at radius 2 is 1.93 bits per heavy atom. The third kappa shape index (κ3) is 4.15. The predicted molar refractivity (Wildman–Crippen MR) is 99.5 cm³/mol. The monoisotopic (exact) mass is 402 g/mol. The first-order chi connectivity index (χ1) is 13.3. The van der Waals surface area contributed by atoms with Crippen molar-refractivity contribution in [2.45, 2.75) is 0 Å². The minimum Gasteiger partial charge on any atom is -0.450 e. The average Bonchev–Trinajstić information content (AvgIpc) is 2.67. The van der Waals surface area contributed by atoms with Gasteiger partial charge in [-0.3, -0.25) is 19.7 Å². The van der Waals surface area contributed by atoms with E-state index in [1.54, 1.807) is 18.2 Å². The minimum absolute atomic E-state index is 0.00541. The molecule has 10 heteroatoms. The largest absolute Gasteiger partial charge is 0.450 e. The fraction of sp³-hybridized carbons (Fsp3) is 0.0556. The molecule has 0 aliphatic rings. The summed E-state index contributed by atoms with van der Waals surface area (Å²) in [5.74, 6) is -2.15. The summed E-state index contributed by atoms with van der Waals surface area (Å²) in [6.07, 6.45) is 0. The van der Waals surface area contributed by atoms with Crippen LogP contribution in [0.3, 0.4) is 0 Å². The Labute approximate surface area is 161 Å². The number of carbonyl (C=O) groups is 2. The van der Waals surface area contributed by atoms with Gasteiger partial charge in [0.25, 0.3) is 11.6 Å². The molecule has 1 heterocycles. The van der Waals surface area contributed by atoms with Gasteiger partial charge in [0.15, 0.2) is 12.0 Å². The summed E-state index contributed by atoms with van der Waals surface area (Å²) in [6.45, 7) is -0.714. The van der Waals surface area contributed by atoms with Crippen molar-refractivity contribution in [3.63, 3.8) is 0 Å². The van der Waals surface area contributed by atoms with Gasteiger partial charge in [-0.2, -0.15) is 0 Å². The molecule has 0 radical (unpaired) electrons. The zero-order chi connectivity index (χ0) is 20.3. The van der Waals surface area contributed by atoms with Crippen LogP contribution in [-0.2, 0) is 9.53 Å². The van der Waals surface area contributed by atoms with E-state index in [1.807, 2.05) is 0 Å². The molecule has 1 amide bonds. The standard InChI is InChI=1S/C18H11ClN2O7/c19-12-6-5-10(21(25)26)7-13(12)20-17(23)9-27-18(24)16-8-14(22)11-3-1-2-4-15(11)28-16/h1-8H,9H2,(H,20,23). The summed E-state index contributed by atoms with van der Waals surface area (Å²) in [5, 5.41) is 13.5. The predicted octanol–water partition coefficient (Wildman–Crippen LogP) is 3.15. The summed E-state index contributed by atoms with van der Waals surface area (Å²) in [6, 6.07) is 10.8. The van der Waals surface area contributed by atoms with Crippen LogP contribution < -0.4 is 10.7 Å². The summed E-state index contributed by atoms with van der Waals surface area (Å²) in [7, 11) is 0. The first kappa shape index (κ1) is 19.1. The molecule has 2 aromatic carbocycles. The number of esters is 1. The Balaban J connectivity index is 1.68. The topological polar surface area (TPSA) is 129 Å². The highest BCUT2D eigenvalue weighted by Gasteiger charge is 2.17. The zero-order valence-electron chi connectivity index (χ0n) is 14.0. The maximum Gasteiger partial charge on any atom is 0.374 e. The number of non-ortho nitro benzene ring substituents is 1. The number of amides is 1. The lowest BCUT2D eigenvalue weighted by molar-refractivity contribution is -0.384. The van der Waals surface area contributed by atoms with E-state index in [1.165, 1.54) is 18.2 Å². The highest BCUT2D eigenvalue weighted by atomic mass is 35.5. The number of nitro benzene ring substituents is 1. The van der Waals surface area contributed by atoms with Crippen LogP contribution in [0.1, 0.15) is 10.6 Å². The van der Waals surface area contributed by atoms with Crippen LogP contribution >= 0.6 is 11.6 Å². The second kappa shape index (κ2) is 7.89. The zero-order valence-corrected chi connectivity index (χ0v) is 14.8. The molecule has 3 aromatic rings. The first-order valence-electron chi connectivity index (χ1n) is 7.79. The van der Waals surface area contributed by atoms with E-state index in [0.29, 0.717) is 5.39 Å². The van der Waals surface area contributed by atoms with Gasteiger partial charge < -0.3 is 14.5 Å². The number of nitrogens with zero attached hydrogens (tertiary/aromatic N) is 1. The van der Waals surface area contributed by atoms with Gasteiger partial charge >= 0.3 is 5.97 Å². The third-order valence-corrected chi connectivity index (χ3v) is 3.93. The van der Waals surface area contributed by atoms with Gasteiger partial charge in [0.05, 0.1) is 21.0 Å². The van der Waals surface area contributed by atoms with E-state index < -0.39 is 28.8 Å². The van der Waals surface area contributed by atoms with E-state index in [4.69, 9.17) is 20.8 Å². The number of nitro groups is 1. The van der Waals surface area contributed by atoms with Gasteiger partial charge in [0.2, 0.25) is 5.76 Å². The maximum absolute atomic E-state index is 12.1. The highest BCUT2D eigenvalue weighted by molar-refractivity contribution is 6.33.